The third kappa shape index (κ3) is 5.23. The summed E-state index contributed by atoms with van der Waals surface area (Å²) in [6, 6.07) is 14.7. The standard InChI is InChI=1S/C21H23ClNO.ClH/c1-18(22)11-13-23(14-16-24-17-15-23)12-5-9-20-8-4-7-19-6-2-3-10-21(19)20;/h2-4,6-8,10-11H,12-17H2,1H3;1H/q+1;/p-1/b18-11+;. The number of allylic oxidation sites excluding steroid dienone is 1. The molecular formula is C21H23Cl2NO. The van der Waals surface area contributed by atoms with Crippen LogP contribution in [0.25, 0.3) is 10.8 Å². The van der Waals surface area contributed by atoms with Crippen LogP contribution < -0.4 is 12.4 Å². The quantitative estimate of drug-likeness (QED) is 0.578. The second-order valence-corrected chi connectivity index (χ2v) is 6.96. The number of quaternary nitrogens is 1. The van der Waals surface area contributed by atoms with Crippen LogP contribution in [0.3, 0.4) is 0 Å². The summed E-state index contributed by atoms with van der Waals surface area (Å²) >= 11 is 6.04. The normalized spacial score (nSPS) is 16.6. The fraction of sp³-hybridized carbons (Fsp3) is 0.333. The van der Waals surface area contributed by atoms with E-state index in [1.54, 1.807) is 0 Å². The number of hydrogen-bond donors (Lipinski definition) is 0. The maximum absolute atomic E-state index is 6.04. The number of fused-ring (bicyclic) bond motifs is 1. The first-order chi connectivity index (χ1) is 11.7. The molecule has 2 aromatic carbocycles. The van der Waals surface area contributed by atoms with Crippen LogP contribution in [0.5, 0.6) is 0 Å². The molecular weight excluding hydrogens is 353 g/mol. The van der Waals surface area contributed by atoms with Crippen molar-refractivity contribution in [3.8, 4) is 11.8 Å². The van der Waals surface area contributed by atoms with E-state index in [-0.39, 0.29) is 12.4 Å². The molecule has 0 saturated carbocycles. The van der Waals surface area contributed by atoms with Gasteiger partial charge in [-0.25, -0.2) is 0 Å². The van der Waals surface area contributed by atoms with Gasteiger partial charge >= 0.3 is 0 Å². The Balaban J connectivity index is 0.00000225. The molecule has 132 valence electrons. The van der Waals surface area contributed by atoms with Crippen molar-refractivity contribution in [2.45, 2.75) is 6.92 Å². The SMILES string of the molecule is C/C(Cl)=C\C[N+]1(CC#Cc2cccc3ccccc23)CCOCC1.[Cl-]. The van der Waals surface area contributed by atoms with E-state index in [2.05, 4.69) is 60.4 Å². The molecule has 0 bridgehead atoms. The van der Waals surface area contributed by atoms with Gasteiger partial charge in [0.25, 0.3) is 0 Å². The summed E-state index contributed by atoms with van der Waals surface area (Å²) < 4.78 is 6.47. The molecule has 1 aliphatic rings. The van der Waals surface area contributed by atoms with E-state index in [1.165, 1.54) is 10.8 Å². The highest BCUT2D eigenvalue weighted by atomic mass is 35.5. The van der Waals surface area contributed by atoms with Gasteiger partial charge in [-0.15, -0.1) is 0 Å². The highest BCUT2D eigenvalue weighted by Crippen LogP contribution is 2.18. The third-order valence-corrected chi connectivity index (χ3v) is 4.76. The van der Waals surface area contributed by atoms with Gasteiger partial charge in [-0.2, -0.15) is 0 Å². The minimum Gasteiger partial charge on any atom is -1.00 e. The monoisotopic (exact) mass is 375 g/mol. The van der Waals surface area contributed by atoms with Crippen LogP contribution in [0.15, 0.2) is 53.6 Å². The predicted molar refractivity (Wildman–Crippen MR) is 101 cm³/mol. The zero-order chi connectivity index (χ0) is 16.8. The van der Waals surface area contributed by atoms with Crippen LogP contribution in [0.1, 0.15) is 12.5 Å². The van der Waals surface area contributed by atoms with E-state index in [0.717, 1.165) is 54.5 Å². The molecule has 25 heavy (non-hydrogen) atoms. The molecule has 0 N–H and O–H groups in total. The van der Waals surface area contributed by atoms with Crippen LogP contribution in [0, 0.1) is 11.8 Å². The van der Waals surface area contributed by atoms with Crippen molar-refractivity contribution in [2.24, 2.45) is 0 Å². The van der Waals surface area contributed by atoms with Gasteiger partial charge in [0, 0.05) is 10.6 Å². The molecule has 1 saturated heterocycles. The van der Waals surface area contributed by atoms with Gasteiger partial charge in [0.1, 0.15) is 19.6 Å². The largest absolute Gasteiger partial charge is 1.00 e. The van der Waals surface area contributed by atoms with Crippen LogP contribution in [-0.4, -0.2) is 43.9 Å². The summed E-state index contributed by atoms with van der Waals surface area (Å²) in [6.07, 6.45) is 2.10. The lowest BCUT2D eigenvalue weighted by atomic mass is 10.1. The van der Waals surface area contributed by atoms with Gasteiger partial charge in [0.15, 0.2) is 0 Å². The topological polar surface area (TPSA) is 9.23 Å². The molecule has 1 aliphatic heterocycles. The Morgan fingerprint density at radius 2 is 1.88 bits per heavy atom. The van der Waals surface area contributed by atoms with Gasteiger partial charge in [-0.05, 0) is 35.8 Å². The van der Waals surface area contributed by atoms with Crippen molar-refractivity contribution in [1.29, 1.82) is 0 Å². The van der Waals surface area contributed by atoms with Crippen molar-refractivity contribution in [3.63, 3.8) is 0 Å². The molecule has 0 radical (unpaired) electrons. The molecule has 4 heteroatoms. The summed E-state index contributed by atoms with van der Waals surface area (Å²) in [4.78, 5) is 0. The number of benzene rings is 2. The van der Waals surface area contributed by atoms with Gasteiger partial charge in [-0.1, -0.05) is 53.9 Å². The molecule has 0 aromatic heterocycles. The Morgan fingerprint density at radius 3 is 2.64 bits per heavy atom. The predicted octanol–water partition coefficient (Wildman–Crippen LogP) is 1.18. The minimum absolute atomic E-state index is 0. The van der Waals surface area contributed by atoms with Crippen molar-refractivity contribution < 1.29 is 21.6 Å². The average Bonchev–Trinajstić information content (AvgIpc) is 2.61. The summed E-state index contributed by atoms with van der Waals surface area (Å²) in [7, 11) is 0. The molecule has 1 fully saturated rings. The Hall–Kier alpha value is -1.50. The number of rotatable bonds is 3. The lowest BCUT2D eigenvalue weighted by Gasteiger charge is -2.39. The van der Waals surface area contributed by atoms with Crippen molar-refractivity contribution >= 4 is 22.4 Å². The molecule has 0 atom stereocenters. The van der Waals surface area contributed by atoms with E-state index in [0.29, 0.717) is 0 Å². The molecule has 2 aromatic rings. The number of nitrogens with zero attached hydrogens (tertiary/aromatic N) is 1. The van der Waals surface area contributed by atoms with E-state index < -0.39 is 0 Å². The van der Waals surface area contributed by atoms with E-state index in [9.17, 15) is 0 Å². The van der Waals surface area contributed by atoms with Gasteiger partial charge < -0.3 is 21.6 Å². The Bertz CT molecular complexity index is 789. The Labute approximate surface area is 161 Å². The fourth-order valence-corrected chi connectivity index (χ4v) is 3.16. The van der Waals surface area contributed by atoms with Crippen LogP contribution in [-0.2, 0) is 4.74 Å². The second kappa shape index (κ2) is 9.27. The molecule has 0 aliphatic carbocycles. The Morgan fingerprint density at radius 1 is 1.16 bits per heavy atom. The number of morpholine rings is 1. The van der Waals surface area contributed by atoms with Crippen molar-refractivity contribution in [2.75, 3.05) is 39.4 Å². The van der Waals surface area contributed by atoms with Gasteiger partial charge in [0.2, 0.25) is 0 Å². The maximum Gasteiger partial charge on any atom is 0.141 e. The lowest BCUT2D eigenvalue weighted by molar-refractivity contribution is -0.923. The van der Waals surface area contributed by atoms with E-state index >= 15 is 0 Å². The number of ether oxygens (including phenoxy) is 1. The zero-order valence-electron chi connectivity index (χ0n) is 14.5. The first kappa shape index (κ1) is 19.8. The van der Waals surface area contributed by atoms with Crippen molar-refractivity contribution in [1.82, 2.24) is 0 Å². The van der Waals surface area contributed by atoms with Gasteiger partial charge in [0.05, 0.1) is 19.8 Å². The molecule has 0 unspecified atom stereocenters. The minimum atomic E-state index is 0. The van der Waals surface area contributed by atoms with Crippen LogP contribution in [0.2, 0.25) is 0 Å². The second-order valence-electron chi connectivity index (χ2n) is 6.36. The van der Waals surface area contributed by atoms with Gasteiger partial charge in [-0.3, -0.25) is 0 Å². The van der Waals surface area contributed by atoms with E-state index in [4.69, 9.17) is 16.3 Å². The first-order valence-corrected chi connectivity index (χ1v) is 8.78. The first-order valence-electron chi connectivity index (χ1n) is 8.40. The molecule has 0 spiro atoms. The number of halogens is 2. The highest BCUT2D eigenvalue weighted by Gasteiger charge is 2.28. The fourth-order valence-electron chi connectivity index (χ4n) is 3.09. The number of hydrogen-bond acceptors (Lipinski definition) is 1. The average molecular weight is 376 g/mol. The zero-order valence-corrected chi connectivity index (χ0v) is 16.0. The molecule has 3 rings (SSSR count). The van der Waals surface area contributed by atoms with Crippen LogP contribution in [0.4, 0.5) is 0 Å². The summed E-state index contributed by atoms with van der Waals surface area (Å²) in [5.74, 6) is 6.81. The third-order valence-electron chi connectivity index (χ3n) is 4.61. The Kier molecular flexibility index (Phi) is 7.35. The van der Waals surface area contributed by atoms with Crippen molar-refractivity contribution in [3.05, 3.63) is 59.1 Å². The smallest absolute Gasteiger partial charge is 0.141 e. The van der Waals surface area contributed by atoms with Crippen LogP contribution >= 0.6 is 11.6 Å². The lowest BCUT2D eigenvalue weighted by Crippen LogP contribution is -3.00. The summed E-state index contributed by atoms with van der Waals surface area (Å²) in [5.41, 5.74) is 1.10. The molecule has 0 amide bonds. The maximum atomic E-state index is 6.04. The molecule has 2 nitrogen and oxygen atoms in total. The summed E-state index contributed by atoms with van der Waals surface area (Å²) in [6.45, 7) is 7.25. The highest BCUT2D eigenvalue weighted by molar-refractivity contribution is 6.29. The summed E-state index contributed by atoms with van der Waals surface area (Å²) in [5, 5.41) is 3.30. The molecule has 1 heterocycles. The van der Waals surface area contributed by atoms with E-state index in [1.807, 2.05) is 6.92 Å².